The molecule has 0 aliphatic carbocycles. The van der Waals surface area contributed by atoms with E-state index in [1.54, 1.807) is 43.0 Å². The molecule has 28 heavy (non-hydrogen) atoms. The Hall–Kier alpha value is -1.35. The summed E-state index contributed by atoms with van der Waals surface area (Å²) in [6.07, 6.45) is 2.20. The maximum Gasteiger partial charge on any atom is 0.211 e. The van der Waals surface area contributed by atoms with E-state index in [-0.39, 0.29) is 28.4 Å². The fourth-order valence-corrected chi connectivity index (χ4v) is 5.27. The number of rotatable bonds is 7. The molecule has 1 aliphatic rings. The Morgan fingerprint density at radius 3 is 2.79 bits per heavy atom. The van der Waals surface area contributed by atoms with E-state index < -0.39 is 15.8 Å². The summed E-state index contributed by atoms with van der Waals surface area (Å²) in [6, 6.07) is 8.10. The van der Waals surface area contributed by atoms with Gasteiger partial charge in [0.15, 0.2) is 5.82 Å². The van der Waals surface area contributed by atoms with Gasteiger partial charge in [0.05, 0.1) is 17.4 Å². The monoisotopic (exact) mass is 444 g/mol. The van der Waals surface area contributed by atoms with Crippen molar-refractivity contribution in [1.29, 1.82) is 0 Å². The molecule has 1 aliphatic heterocycles. The van der Waals surface area contributed by atoms with Gasteiger partial charge in [-0.05, 0) is 49.4 Å². The summed E-state index contributed by atoms with van der Waals surface area (Å²) in [5, 5.41) is 0.250. The molecule has 2 heterocycles. The molecule has 9 heteroatoms. The van der Waals surface area contributed by atoms with E-state index in [2.05, 4.69) is 9.71 Å². The number of aromatic nitrogens is 1. The van der Waals surface area contributed by atoms with Crippen LogP contribution in [0.2, 0.25) is 5.02 Å². The van der Waals surface area contributed by atoms with Crippen LogP contribution in [0, 0.1) is 11.7 Å². The van der Waals surface area contributed by atoms with Crippen molar-refractivity contribution in [2.24, 2.45) is 5.92 Å². The summed E-state index contributed by atoms with van der Waals surface area (Å²) in [7, 11) is -3.25. The molecular formula is C19H22ClFN2O3S2. The first-order chi connectivity index (χ1) is 13.4. The van der Waals surface area contributed by atoms with Gasteiger partial charge in [-0.15, -0.1) is 0 Å². The molecule has 3 rings (SSSR count). The van der Waals surface area contributed by atoms with Gasteiger partial charge in [0.2, 0.25) is 10.0 Å². The van der Waals surface area contributed by atoms with Crippen LogP contribution >= 0.6 is 23.4 Å². The lowest BCUT2D eigenvalue weighted by atomic mass is 10.0. The van der Waals surface area contributed by atoms with Crippen LogP contribution in [0.4, 0.5) is 4.39 Å². The van der Waals surface area contributed by atoms with E-state index in [0.29, 0.717) is 17.9 Å². The van der Waals surface area contributed by atoms with Gasteiger partial charge in [0.25, 0.3) is 0 Å². The topological polar surface area (TPSA) is 68.3 Å². The Morgan fingerprint density at radius 1 is 1.36 bits per heavy atom. The second kappa shape index (κ2) is 9.43. The number of thioether (sulfide) groups is 1. The first-order valence-corrected chi connectivity index (χ1v) is 12.2. The number of nitrogens with one attached hydrogen (secondary N) is 1. The molecule has 0 saturated carbocycles. The largest absolute Gasteiger partial charge is 0.493 e. The van der Waals surface area contributed by atoms with Gasteiger partial charge in [-0.2, -0.15) is 11.8 Å². The molecule has 0 amide bonds. The van der Waals surface area contributed by atoms with E-state index in [4.69, 9.17) is 16.3 Å². The summed E-state index contributed by atoms with van der Waals surface area (Å²) < 4.78 is 46.5. The minimum atomic E-state index is -3.25. The molecule has 1 aromatic carbocycles. The molecule has 2 aromatic rings. The summed E-state index contributed by atoms with van der Waals surface area (Å²) in [5.41, 5.74) is 0.858. The lowest BCUT2D eigenvalue weighted by Crippen LogP contribution is -2.46. The quantitative estimate of drug-likeness (QED) is 0.699. The third kappa shape index (κ3) is 5.59. The molecule has 1 fully saturated rings. The molecule has 1 aromatic heterocycles. The van der Waals surface area contributed by atoms with Crippen molar-refractivity contribution in [2.45, 2.75) is 19.4 Å². The zero-order valence-electron chi connectivity index (χ0n) is 15.4. The molecule has 5 nitrogen and oxygen atoms in total. The zero-order chi connectivity index (χ0) is 20.1. The molecule has 1 saturated heterocycles. The van der Waals surface area contributed by atoms with Crippen LogP contribution < -0.4 is 9.46 Å². The van der Waals surface area contributed by atoms with Crippen molar-refractivity contribution >= 4 is 33.4 Å². The number of pyridine rings is 1. The van der Waals surface area contributed by atoms with Gasteiger partial charge >= 0.3 is 0 Å². The number of ether oxygens (including phenoxy) is 1. The molecular weight excluding hydrogens is 423 g/mol. The summed E-state index contributed by atoms with van der Waals surface area (Å²) in [4.78, 5) is 4.03. The molecule has 0 spiro atoms. The van der Waals surface area contributed by atoms with E-state index in [1.807, 2.05) is 0 Å². The van der Waals surface area contributed by atoms with Crippen LogP contribution in [0.5, 0.6) is 5.75 Å². The number of benzene rings is 1. The lowest BCUT2D eigenvalue weighted by molar-refractivity contribution is 0.229. The Kier molecular flexibility index (Phi) is 7.20. The van der Waals surface area contributed by atoms with E-state index in [0.717, 1.165) is 17.9 Å². The average Bonchev–Trinajstić information content (AvgIpc) is 2.68. The minimum absolute atomic E-state index is 0.0704. The van der Waals surface area contributed by atoms with Crippen molar-refractivity contribution in [1.82, 2.24) is 9.71 Å². The SMILES string of the molecule is CCS(=O)(=O)N[C@H]1CCSC[C@@H]1COc1ccc(-c2ncc(Cl)cc2F)cc1. The van der Waals surface area contributed by atoms with Crippen molar-refractivity contribution in [3.8, 4) is 17.0 Å². The number of hydrogen-bond acceptors (Lipinski definition) is 5. The van der Waals surface area contributed by atoms with Crippen LogP contribution in [-0.2, 0) is 10.0 Å². The van der Waals surface area contributed by atoms with Crippen molar-refractivity contribution in [2.75, 3.05) is 23.9 Å². The van der Waals surface area contributed by atoms with Gasteiger partial charge in [0.1, 0.15) is 11.4 Å². The lowest BCUT2D eigenvalue weighted by Gasteiger charge is -2.31. The first-order valence-electron chi connectivity index (χ1n) is 9.00. The van der Waals surface area contributed by atoms with Crippen LogP contribution in [0.3, 0.4) is 0 Å². The number of hydrogen-bond donors (Lipinski definition) is 1. The van der Waals surface area contributed by atoms with Gasteiger partial charge < -0.3 is 4.74 Å². The second-order valence-corrected chi connectivity index (χ2v) is 10.2. The molecule has 0 radical (unpaired) electrons. The fourth-order valence-electron chi connectivity index (χ4n) is 2.97. The highest BCUT2D eigenvalue weighted by Crippen LogP contribution is 2.27. The molecule has 1 N–H and O–H groups in total. The molecule has 0 unspecified atom stereocenters. The molecule has 0 bridgehead atoms. The van der Waals surface area contributed by atoms with Gasteiger partial charge in [-0.25, -0.2) is 17.5 Å². The Labute approximate surface area is 174 Å². The second-order valence-electron chi connectivity index (χ2n) is 6.57. The predicted molar refractivity (Wildman–Crippen MR) is 112 cm³/mol. The van der Waals surface area contributed by atoms with Gasteiger partial charge in [0, 0.05) is 29.5 Å². The third-order valence-corrected chi connectivity index (χ3v) is 7.40. The highest BCUT2D eigenvalue weighted by atomic mass is 35.5. The average molecular weight is 445 g/mol. The normalized spacial score (nSPS) is 20.1. The Bertz CT molecular complexity index is 910. The predicted octanol–water partition coefficient (Wildman–Crippen LogP) is 3.98. The Morgan fingerprint density at radius 2 is 2.11 bits per heavy atom. The number of halogens is 2. The third-order valence-electron chi connectivity index (χ3n) is 4.58. The Balaban J connectivity index is 1.63. The fraction of sp³-hybridized carbons (Fsp3) is 0.421. The maximum atomic E-state index is 14.0. The van der Waals surface area contributed by atoms with Crippen LogP contribution in [0.1, 0.15) is 13.3 Å². The van der Waals surface area contributed by atoms with E-state index >= 15 is 0 Å². The number of nitrogens with zero attached hydrogens (tertiary/aromatic N) is 1. The zero-order valence-corrected chi connectivity index (χ0v) is 17.8. The van der Waals surface area contributed by atoms with Gasteiger partial charge in [-0.1, -0.05) is 11.6 Å². The summed E-state index contributed by atoms with van der Waals surface area (Å²) >= 11 is 7.54. The molecule has 2 atom stereocenters. The van der Waals surface area contributed by atoms with Gasteiger partial charge in [-0.3, -0.25) is 4.98 Å². The van der Waals surface area contributed by atoms with Crippen LogP contribution in [0.15, 0.2) is 36.5 Å². The smallest absolute Gasteiger partial charge is 0.211 e. The van der Waals surface area contributed by atoms with E-state index in [9.17, 15) is 12.8 Å². The van der Waals surface area contributed by atoms with Crippen LogP contribution in [0.25, 0.3) is 11.3 Å². The van der Waals surface area contributed by atoms with Crippen molar-refractivity contribution in [3.05, 3.63) is 47.4 Å². The first kappa shape index (κ1) is 21.4. The van der Waals surface area contributed by atoms with Crippen molar-refractivity contribution < 1.29 is 17.5 Å². The standard InChI is InChI=1S/C19H22ClFN2O3S2/c1-2-28(24,25)23-18-7-8-27-12-14(18)11-26-16-5-3-13(4-6-16)19-17(21)9-15(20)10-22-19/h3-6,9-10,14,18,23H,2,7-8,11-12H2,1H3/t14-,18-/m0/s1. The maximum absolute atomic E-state index is 14.0. The highest BCUT2D eigenvalue weighted by molar-refractivity contribution is 7.99. The minimum Gasteiger partial charge on any atom is -0.493 e. The highest BCUT2D eigenvalue weighted by Gasteiger charge is 2.29. The summed E-state index contributed by atoms with van der Waals surface area (Å²) in [5.74, 6) is 2.10. The summed E-state index contributed by atoms with van der Waals surface area (Å²) in [6.45, 7) is 2.04. The van der Waals surface area contributed by atoms with E-state index in [1.165, 1.54) is 12.3 Å². The number of sulfonamides is 1. The molecule has 152 valence electrons. The van der Waals surface area contributed by atoms with Crippen LogP contribution in [-0.4, -0.2) is 43.3 Å². The van der Waals surface area contributed by atoms with Crippen molar-refractivity contribution in [3.63, 3.8) is 0 Å².